The molecular weight excluding hydrogens is 236 g/mol. The van der Waals surface area contributed by atoms with Crippen LogP contribution in [0.2, 0.25) is 0 Å². The van der Waals surface area contributed by atoms with Gasteiger partial charge < -0.3 is 15.1 Å². The first-order valence-corrected chi connectivity index (χ1v) is 6.42. The number of fused-ring (bicyclic) bond motifs is 3. The second-order valence-electron chi connectivity index (χ2n) is 4.85. The molecule has 0 bridgehead atoms. The first-order chi connectivity index (χ1) is 8.70. The van der Waals surface area contributed by atoms with Crippen molar-refractivity contribution in [2.75, 3.05) is 42.5 Å². The molecule has 2 aliphatic heterocycles. The molecule has 0 aromatic heterocycles. The zero-order valence-corrected chi connectivity index (χ0v) is 10.4. The number of rotatable bonds is 1. The highest BCUT2D eigenvalue weighted by Crippen LogP contribution is 2.38. The van der Waals surface area contributed by atoms with Crippen molar-refractivity contribution in [3.63, 3.8) is 0 Å². The molecule has 3 rings (SSSR count). The molecule has 0 spiro atoms. The van der Waals surface area contributed by atoms with E-state index in [4.69, 9.17) is 0 Å². The topological polar surface area (TPSA) is 18.5 Å². The Bertz CT molecular complexity index is 464. The zero-order chi connectivity index (χ0) is 12.7. The van der Waals surface area contributed by atoms with Gasteiger partial charge in [-0.05, 0) is 13.0 Å². The summed E-state index contributed by atoms with van der Waals surface area (Å²) in [6, 6.07) is 2.73. The summed E-state index contributed by atoms with van der Waals surface area (Å²) in [6.07, 6.45) is 0. The van der Waals surface area contributed by atoms with E-state index in [1.54, 1.807) is 0 Å². The standard InChI is InChI=1S/C13H17F2N3/c1-2-17-8-10-7-16-3-4-18(10)12-6-9(14)5-11(15)13(12)17/h5-6,10,16H,2-4,7-8H2,1H3. The normalized spacial score (nSPS) is 22.7. The average Bonchev–Trinajstić information content (AvgIpc) is 2.37. The Morgan fingerprint density at radius 1 is 1.39 bits per heavy atom. The molecule has 5 heteroatoms. The van der Waals surface area contributed by atoms with E-state index in [0.717, 1.165) is 38.8 Å². The molecule has 0 radical (unpaired) electrons. The van der Waals surface area contributed by atoms with E-state index >= 15 is 0 Å². The van der Waals surface area contributed by atoms with Crippen LogP contribution in [0, 0.1) is 11.6 Å². The maximum Gasteiger partial charge on any atom is 0.151 e. The van der Waals surface area contributed by atoms with Gasteiger partial charge in [-0.1, -0.05) is 0 Å². The fraction of sp³-hybridized carbons (Fsp3) is 0.538. The molecule has 3 nitrogen and oxygen atoms in total. The zero-order valence-electron chi connectivity index (χ0n) is 10.4. The van der Waals surface area contributed by atoms with Gasteiger partial charge in [0.2, 0.25) is 0 Å². The van der Waals surface area contributed by atoms with Crippen molar-refractivity contribution in [1.82, 2.24) is 5.32 Å². The molecule has 1 aromatic carbocycles. The van der Waals surface area contributed by atoms with Gasteiger partial charge in [-0.25, -0.2) is 8.78 Å². The molecule has 0 amide bonds. The van der Waals surface area contributed by atoms with Crippen LogP contribution in [0.1, 0.15) is 6.92 Å². The number of anilines is 2. The first-order valence-electron chi connectivity index (χ1n) is 6.42. The van der Waals surface area contributed by atoms with Gasteiger partial charge in [0.05, 0.1) is 17.4 Å². The molecule has 1 N–H and O–H groups in total. The van der Waals surface area contributed by atoms with Crippen LogP contribution in [0.5, 0.6) is 0 Å². The Labute approximate surface area is 105 Å². The molecule has 1 fully saturated rings. The summed E-state index contributed by atoms with van der Waals surface area (Å²) in [5.41, 5.74) is 1.25. The highest BCUT2D eigenvalue weighted by molar-refractivity contribution is 5.75. The Morgan fingerprint density at radius 2 is 2.22 bits per heavy atom. The van der Waals surface area contributed by atoms with Crippen molar-refractivity contribution in [1.29, 1.82) is 0 Å². The maximum absolute atomic E-state index is 14.0. The Hall–Kier alpha value is -1.36. The van der Waals surface area contributed by atoms with Crippen molar-refractivity contribution in [3.8, 4) is 0 Å². The van der Waals surface area contributed by atoms with E-state index in [1.807, 2.05) is 11.8 Å². The largest absolute Gasteiger partial charge is 0.366 e. The lowest BCUT2D eigenvalue weighted by Crippen LogP contribution is -2.59. The van der Waals surface area contributed by atoms with Crippen LogP contribution in [0.3, 0.4) is 0 Å². The molecule has 1 atom stereocenters. The van der Waals surface area contributed by atoms with Crippen LogP contribution in [0.15, 0.2) is 12.1 Å². The van der Waals surface area contributed by atoms with Crippen LogP contribution >= 0.6 is 0 Å². The van der Waals surface area contributed by atoms with Crippen LogP contribution in [-0.4, -0.2) is 38.8 Å². The summed E-state index contributed by atoms with van der Waals surface area (Å²) in [5, 5.41) is 3.33. The van der Waals surface area contributed by atoms with Crippen LogP contribution in [0.25, 0.3) is 0 Å². The molecule has 2 heterocycles. The number of nitrogens with zero attached hydrogens (tertiary/aromatic N) is 2. The van der Waals surface area contributed by atoms with E-state index < -0.39 is 11.6 Å². The Morgan fingerprint density at radius 3 is 3.00 bits per heavy atom. The SMILES string of the molecule is CCN1CC2CNCCN2c2cc(F)cc(F)c21. The third-order valence-electron chi connectivity index (χ3n) is 3.80. The quantitative estimate of drug-likeness (QED) is 0.820. The molecule has 0 saturated carbocycles. The number of piperazine rings is 1. The third kappa shape index (κ3) is 1.73. The van der Waals surface area contributed by atoms with Crippen molar-refractivity contribution in [2.45, 2.75) is 13.0 Å². The molecule has 98 valence electrons. The van der Waals surface area contributed by atoms with Crippen LogP contribution in [-0.2, 0) is 0 Å². The van der Waals surface area contributed by atoms with Crippen molar-refractivity contribution in [2.24, 2.45) is 0 Å². The van der Waals surface area contributed by atoms with Crippen LogP contribution in [0.4, 0.5) is 20.2 Å². The van der Waals surface area contributed by atoms with E-state index in [0.29, 0.717) is 17.4 Å². The predicted octanol–water partition coefficient (Wildman–Crippen LogP) is 1.58. The summed E-state index contributed by atoms with van der Waals surface area (Å²) in [7, 11) is 0. The Balaban J connectivity index is 2.11. The highest BCUT2D eigenvalue weighted by atomic mass is 19.1. The second kappa shape index (κ2) is 4.39. The maximum atomic E-state index is 14.0. The lowest BCUT2D eigenvalue weighted by molar-refractivity contribution is 0.453. The highest BCUT2D eigenvalue weighted by Gasteiger charge is 2.33. The fourth-order valence-corrected chi connectivity index (χ4v) is 2.96. The predicted molar refractivity (Wildman–Crippen MR) is 68.2 cm³/mol. The minimum atomic E-state index is -0.499. The summed E-state index contributed by atoms with van der Waals surface area (Å²) in [5.74, 6) is -0.953. The van der Waals surface area contributed by atoms with E-state index in [9.17, 15) is 8.78 Å². The first kappa shape index (κ1) is 11.7. The summed E-state index contributed by atoms with van der Waals surface area (Å²) >= 11 is 0. The van der Waals surface area contributed by atoms with Crippen LogP contribution < -0.4 is 15.1 Å². The molecule has 1 saturated heterocycles. The fourth-order valence-electron chi connectivity index (χ4n) is 2.96. The lowest BCUT2D eigenvalue weighted by atomic mass is 10.0. The number of hydrogen-bond donors (Lipinski definition) is 1. The lowest BCUT2D eigenvalue weighted by Gasteiger charge is -2.47. The van der Waals surface area contributed by atoms with Gasteiger partial charge in [-0.2, -0.15) is 0 Å². The van der Waals surface area contributed by atoms with Crippen molar-refractivity contribution in [3.05, 3.63) is 23.8 Å². The third-order valence-corrected chi connectivity index (χ3v) is 3.80. The summed E-state index contributed by atoms with van der Waals surface area (Å²) in [4.78, 5) is 4.13. The summed E-state index contributed by atoms with van der Waals surface area (Å²) in [6.45, 7) is 6.06. The van der Waals surface area contributed by atoms with E-state index in [2.05, 4.69) is 10.2 Å². The van der Waals surface area contributed by atoms with Crippen molar-refractivity contribution >= 4 is 11.4 Å². The summed E-state index contributed by atoms with van der Waals surface area (Å²) < 4.78 is 27.4. The number of benzene rings is 1. The number of halogens is 2. The molecule has 2 aliphatic rings. The van der Waals surface area contributed by atoms with E-state index in [-0.39, 0.29) is 0 Å². The Kier molecular flexibility index (Phi) is 2.86. The number of nitrogens with one attached hydrogen (secondary N) is 1. The molecule has 0 aliphatic carbocycles. The minimum Gasteiger partial charge on any atom is -0.366 e. The van der Waals surface area contributed by atoms with Gasteiger partial charge in [0.1, 0.15) is 5.82 Å². The van der Waals surface area contributed by atoms with Crippen molar-refractivity contribution < 1.29 is 8.78 Å². The molecule has 1 unspecified atom stereocenters. The van der Waals surface area contributed by atoms with Gasteiger partial charge in [0.15, 0.2) is 5.82 Å². The van der Waals surface area contributed by atoms with Gasteiger partial charge in [0, 0.05) is 38.8 Å². The number of hydrogen-bond acceptors (Lipinski definition) is 3. The van der Waals surface area contributed by atoms with Gasteiger partial charge in [-0.3, -0.25) is 0 Å². The molecular formula is C13H17F2N3. The van der Waals surface area contributed by atoms with E-state index in [1.165, 1.54) is 6.07 Å². The smallest absolute Gasteiger partial charge is 0.151 e. The minimum absolute atomic E-state index is 0.299. The van der Waals surface area contributed by atoms with Gasteiger partial charge in [0.25, 0.3) is 0 Å². The van der Waals surface area contributed by atoms with Gasteiger partial charge >= 0.3 is 0 Å². The molecule has 18 heavy (non-hydrogen) atoms. The molecule has 1 aromatic rings. The number of likely N-dealkylation sites (N-methyl/N-ethyl adjacent to an activating group) is 1. The van der Waals surface area contributed by atoms with Gasteiger partial charge in [-0.15, -0.1) is 0 Å². The average molecular weight is 253 g/mol. The second-order valence-corrected chi connectivity index (χ2v) is 4.85. The monoisotopic (exact) mass is 253 g/mol.